The van der Waals surface area contributed by atoms with E-state index in [0.29, 0.717) is 35.5 Å². The lowest BCUT2D eigenvalue weighted by Gasteiger charge is -2.13. The Kier molecular flexibility index (Phi) is 6.14. The molecule has 3 heterocycles. The number of alkyl carbamates (subject to hydrolysis) is 1. The van der Waals surface area contributed by atoms with Crippen molar-refractivity contribution in [3.05, 3.63) is 41.3 Å². The number of halogens is 1. The standard InChI is InChI=1S/C25H25FN4O4S/c1-12(2)11-33-25(31)28-9-14-7-16-22(34-14)17(26)8-19-23(16)35-24(30-19)15-5-13(3)6-18-21(15)27-10-20(29-18)32-4/h5-6,8,10,12,14H,7,9,11H2,1-4H3,(H,28,31)/t14-/m0/s1. The Morgan fingerprint density at radius 2 is 2.11 bits per heavy atom. The van der Waals surface area contributed by atoms with Crippen molar-refractivity contribution in [1.29, 1.82) is 0 Å². The van der Waals surface area contributed by atoms with Crippen LogP contribution in [-0.4, -0.2) is 47.4 Å². The van der Waals surface area contributed by atoms with Crippen LogP contribution < -0.4 is 14.8 Å². The van der Waals surface area contributed by atoms with Gasteiger partial charge in [0.1, 0.15) is 11.1 Å². The van der Waals surface area contributed by atoms with E-state index in [9.17, 15) is 9.18 Å². The van der Waals surface area contributed by atoms with Crippen LogP contribution in [0.1, 0.15) is 25.0 Å². The van der Waals surface area contributed by atoms with Crippen LogP contribution in [0.5, 0.6) is 11.6 Å². The molecule has 10 heteroatoms. The Morgan fingerprint density at radius 3 is 2.89 bits per heavy atom. The van der Waals surface area contributed by atoms with Crippen LogP contribution in [0.2, 0.25) is 0 Å². The molecule has 0 fully saturated rings. The third-order valence-electron chi connectivity index (χ3n) is 5.63. The zero-order valence-corrected chi connectivity index (χ0v) is 20.7. The highest BCUT2D eigenvalue weighted by molar-refractivity contribution is 7.22. The summed E-state index contributed by atoms with van der Waals surface area (Å²) in [6.45, 7) is 6.46. The number of carbonyl (C=O) groups is 1. The number of carbonyl (C=O) groups excluding carboxylic acids is 1. The first-order valence-electron chi connectivity index (χ1n) is 11.3. The van der Waals surface area contributed by atoms with Crippen LogP contribution in [0.15, 0.2) is 24.4 Å². The number of rotatable bonds is 6. The zero-order chi connectivity index (χ0) is 24.7. The van der Waals surface area contributed by atoms with Crippen LogP contribution in [0.4, 0.5) is 9.18 Å². The summed E-state index contributed by atoms with van der Waals surface area (Å²) in [6, 6.07) is 5.34. The van der Waals surface area contributed by atoms with Crippen LogP contribution >= 0.6 is 11.3 Å². The number of ether oxygens (including phenoxy) is 3. The molecule has 35 heavy (non-hydrogen) atoms. The Balaban J connectivity index is 1.45. The fourth-order valence-corrected chi connectivity index (χ4v) is 5.17. The Hall–Kier alpha value is -3.53. The summed E-state index contributed by atoms with van der Waals surface area (Å²) in [5.74, 6) is 0.429. The van der Waals surface area contributed by atoms with Gasteiger partial charge in [-0.2, -0.15) is 0 Å². The first kappa shape index (κ1) is 23.2. The zero-order valence-electron chi connectivity index (χ0n) is 19.8. The maximum atomic E-state index is 14.9. The van der Waals surface area contributed by atoms with E-state index in [0.717, 1.165) is 26.4 Å². The molecular weight excluding hydrogens is 471 g/mol. The number of nitrogens with zero attached hydrogens (tertiary/aromatic N) is 3. The van der Waals surface area contributed by atoms with Gasteiger partial charge in [0.05, 0.1) is 47.7 Å². The molecule has 0 spiro atoms. The van der Waals surface area contributed by atoms with Crippen LogP contribution in [0.25, 0.3) is 31.8 Å². The summed E-state index contributed by atoms with van der Waals surface area (Å²) in [7, 11) is 1.55. The molecule has 0 bridgehead atoms. The first-order chi connectivity index (χ1) is 16.8. The molecule has 1 atom stereocenters. The van der Waals surface area contributed by atoms with Gasteiger partial charge in [0, 0.05) is 23.6 Å². The van der Waals surface area contributed by atoms with Crippen molar-refractivity contribution in [1.82, 2.24) is 20.3 Å². The van der Waals surface area contributed by atoms with Gasteiger partial charge in [-0.3, -0.25) is 0 Å². The first-order valence-corrected chi connectivity index (χ1v) is 12.1. The predicted octanol–water partition coefficient (Wildman–Crippen LogP) is 5.05. The highest BCUT2D eigenvalue weighted by Crippen LogP contribution is 2.43. The van der Waals surface area contributed by atoms with Gasteiger partial charge in [0.25, 0.3) is 0 Å². The van der Waals surface area contributed by atoms with Crippen molar-refractivity contribution >= 4 is 38.7 Å². The topological polar surface area (TPSA) is 95.5 Å². The molecule has 0 saturated carbocycles. The van der Waals surface area contributed by atoms with E-state index in [1.165, 1.54) is 17.4 Å². The van der Waals surface area contributed by atoms with Crippen molar-refractivity contribution < 1.29 is 23.4 Å². The molecule has 1 N–H and O–H groups in total. The number of fused-ring (bicyclic) bond motifs is 4. The summed E-state index contributed by atoms with van der Waals surface area (Å²) < 4.78 is 32.0. The van der Waals surface area contributed by atoms with Crippen LogP contribution in [0, 0.1) is 18.7 Å². The number of benzene rings is 2. The van der Waals surface area contributed by atoms with E-state index < -0.39 is 11.9 Å². The molecule has 0 radical (unpaired) electrons. The van der Waals surface area contributed by atoms with E-state index in [-0.39, 0.29) is 24.3 Å². The molecule has 1 aliphatic rings. The Morgan fingerprint density at radius 1 is 1.29 bits per heavy atom. The summed E-state index contributed by atoms with van der Waals surface area (Å²) in [4.78, 5) is 25.7. The van der Waals surface area contributed by atoms with Crippen molar-refractivity contribution in [2.45, 2.75) is 33.3 Å². The highest BCUT2D eigenvalue weighted by Gasteiger charge is 2.30. The van der Waals surface area contributed by atoms with Gasteiger partial charge in [0.15, 0.2) is 11.6 Å². The molecule has 8 nitrogen and oxygen atoms in total. The fraction of sp³-hybridized carbons (Fsp3) is 0.360. The average Bonchev–Trinajstić information content (AvgIpc) is 3.45. The molecule has 182 valence electrons. The number of methoxy groups -OCH3 is 1. The van der Waals surface area contributed by atoms with Crippen LogP contribution in [0.3, 0.4) is 0 Å². The van der Waals surface area contributed by atoms with Crippen molar-refractivity contribution in [2.24, 2.45) is 5.92 Å². The van der Waals surface area contributed by atoms with Crippen LogP contribution in [-0.2, 0) is 11.2 Å². The van der Waals surface area contributed by atoms with E-state index in [1.54, 1.807) is 13.3 Å². The lowest BCUT2D eigenvalue weighted by Crippen LogP contribution is -2.35. The highest BCUT2D eigenvalue weighted by atomic mass is 32.1. The molecule has 2 aromatic carbocycles. The van der Waals surface area contributed by atoms with Gasteiger partial charge < -0.3 is 19.5 Å². The third kappa shape index (κ3) is 4.58. The molecule has 0 unspecified atom stereocenters. The number of thiazole rings is 1. The lowest BCUT2D eigenvalue weighted by molar-refractivity contribution is 0.127. The Labute approximate surface area is 205 Å². The average molecular weight is 497 g/mol. The molecule has 0 aliphatic carbocycles. The van der Waals surface area contributed by atoms with Gasteiger partial charge in [-0.25, -0.2) is 24.1 Å². The van der Waals surface area contributed by atoms with Crippen molar-refractivity contribution in [2.75, 3.05) is 20.3 Å². The SMILES string of the molecule is COc1cnc2c(-c3nc4cc(F)c5c(c4s3)C[C@@H](CNC(=O)OCC(C)C)O5)cc(C)cc2n1. The Bertz CT molecular complexity index is 1440. The molecular formula is C25H25FN4O4S. The molecule has 1 amide bonds. The molecule has 4 aromatic rings. The number of hydrogen-bond acceptors (Lipinski definition) is 8. The number of nitrogens with one attached hydrogen (secondary N) is 1. The number of aryl methyl sites for hydroxylation is 1. The molecule has 5 rings (SSSR count). The minimum Gasteiger partial charge on any atom is -0.485 e. The largest absolute Gasteiger partial charge is 0.485 e. The number of amides is 1. The lowest BCUT2D eigenvalue weighted by atomic mass is 10.1. The minimum atomic E-state index is -0.506. The van der Waals surface area contributed by atoms with E-state index in [1.807, 2.05) is 32.9 Å². The summed E-state index contributed by atoms with van der Waals surface area (Å²) in [6.07, 6.45) is 1.14. The smallest absolute Gasteiger partial charge is 0.407 e. The second-order valence-electron chi connectivity index (χ2n) is 8.94. The van der Waals surface area contributed by atoms with Gasteiger partial charge in [-0.1, -0.05) is 13.8 Å². The molecule has 2 aromatic heterocycles. The third-order valence-corrected chi connectivity index (χ3v) is 6.79. The maximum absolute atomic E-state index is 14.9. The van der Waals surface area contributed by atoms with Crippen molar-refractivity contribution in [3.63, 3.8) is 0 Å². The summed E-state index contributed by atoms with van der Waals surface area (Å²) >= 11 is 1.47. The second kappa shape index (κ2) is 9.26. The van der Waals surface area contributed by atoms with E-state index in [4.69, 9.17) is 19.2 Å². The van der Waals surface area contributed by atoms with Gasteiger partial charge in [-0.05, 0) is 30.5 Å². The maximum Gasteiger partial charge on any atom is 0.407 e. The molecule has 0 saturated heterocycles. The fourth-order valence-electron chi connectivity index (χ4n) is 4.06. The van der Waals surface area contributed by atoms with E-state index >= 15 is 0 Å². The number of aromatic nitrogens is 3. The number of hydrogen-bond donors (Lipinski definition) is 1. The summed E-state index contributed by atoms with van der Waals surface area (Å²) in [5.41, 5.74) is 4.56. The second-order valence-corrected chi connectivity index (χ2v) is 9.94. The minimum absolute atomic E-state index is 0.216. The quantitative estimate of drug-likeness (QED) is 0.399. The van der Waals surface area contributed by atoms with E-state index in [2.05, 4.69) is 15.3 Å². The van der Waals surface area contributed by atoms with Gasteiger partial charge in [-0.15, -0.1) is 11.3 Å². The monoisotopic (exact) mass is 496 g/mol. The molecule has 1 aliphatic heterocycles. The normalized spacial score (nSPS) is 14.9. The van der Waals surface area contributed by atoms with Gasteiger partial charge in [0.2, 0.25) is 5.88 Å². The van der Waals surface area contributed by atoms with Crippen molar-refractivity contribution in [3.8, 4) is 22.2 Å². The van der Waals surface area contributed by atoms with Gasteiger partial charge >= 0.3 is 6.09 Å². The predicted molar refractivity (Wildman–Crippen MR) is 132 cm³/mol. The summed E-state index contributed by atoms with van der Waals surface area (Å²) in [5, 5.41) is 3.42.